The summed E-state index contributed by atoms with van der Waals surface area (Å²) in [6.45, 7) is 1.86. The van der Waals surface area contributed by atoms with Crippen LogP contribution in [0.4, 0.5) is 0 Å². The molecule has 0 amide bonds. The van der Waals surface area contributed by atoms with Crippen molar-refractivity contribution in [2.24, 2.45) is 0 Å². The van der Waals surface area contributed by atoms with Gasteiger partial charge in [0, 0.05) is 18.0 Å². The minimum absolute atomic E-state index is 0. The highest BCUT2D eigenvalue weighted by Gasteiger charge is 2.06. The summed E-state index contributed by atoms with van der Waals surface area (Å²) in [4.78, 5) is 1.22. The summed E-state index contributed by atoms with van der Waals surface area (Å²) < 4.78 is 5.76. The molecule has 0 aliphatic heterocycles. The molecule has 1 heterocycles. The highest BCUT2D eigenvalue weighted by atomic mass is 35.5. The minimum Gasteiger partial charge on any atom is -1.00 e. The van der Waals surface area contributed by atoms with Gasteiger partial charge in [-0.3, -0.25) is 0 Å². The maximum absolute atomic E-state index is 10.1. The fourth-order valence-corrected chi connectivity index (χ4v) is 3.01. The molecule has 3 nitrogen and oxygen atoms in total. The van der Waals surface area contributed by atoms with Gasteiger partial charge in [-0.05, 0) is 34.7 Å². The first-order valence-electron chi connectivity index (χ1n) is 7.99. The molecule has 25 heavy (non-hydrogen) atoms. The lowest BCUT2D eigenvalue weighted by atomic mass is 10.1. The molecule has 0 aliphatic carbocycles. The number of hydrogen-bond donors (Lipinski definition) is 2. The first-order chi connectivity index (χ1) is 11.8. The second-order valence-corrected chi connectivity index (χ2v) is 6.60. The molecule has 3 aromatic rings. The molecule has 132 valence electrons. The number of aliphatic hydroxyl groups is 1. The van der Waals surface area contributed by atoms with Gasteiger partial charge in [0.1, 0.15) is 12.4 Å². The van der Waals surface area contributed by atoms with E-state index < -0.39 is 6.10 Å². The summed E-state index contributed by atoms with van der Waals surface area (Å²) in [7, 11) is 0. The van der Waals surface area contributed by atoms with Gasteiger partial charge in [-0.15, -0.1) is 11.3 Å². The van der Waals surface area contributed by atoms with Crippen LogP contribution in [-0.4, -0.2) is 11.7 Å². The first-order valence-corrected chi connectivity index (χ1v) is 8.87. The van der Waals surface area contributed by atoms with Gasteiger partial charge in [-0.2, -0.15) is 0 Å². The highest BCUT2D eigenvalue weighted by Crippen LogP contribution is 2.16. The molecule has 3 rings (SSSR count). The summed E-state index contributed by atoms with van der Waals surface area (Å²) >= 11 is 1.70. The SMILES string of the molecule is OC(CNCc1ccc(OCc2cccs2)cc1)c1ccccc1.[Cl-]. The van der Waals surface area contributed by atoms with E-state index in [4.69, 9.17) is 4.74 Å². The third kappa shape index (κ3) is 6.18. The zero-order chi connectivity index (χ0) is 16.6. The first kappa shape index (κ1) is 19.5. The van der Waals surface area contributed by atoms with E-state index in [0.717, 1.165) is 17.9 Å². The molecule has 0 saturated carbocycles. The van der Waals surface area contributed by atoms with Gasteiger partial charge in [-0.1, -0.05) is 48.5 Å². The molecule has 0 radical (unpaired) electrons. The Bertz CT molecular complexity index is 717. The van der Waals surface area contributed by atoms with E-state index in [-0.39, 0.29) is 12.4 Å². The zero-order valence-corrected chi connectivity index (χ0v) is 15.3. The lowest BCUT2D eigenvalue weighted by Crippen LogP contribution is -3.00. The molecule has 0 saturated heterocycles. The van der Waals surface area contributed by atoms with Crippen LogP contribution in [0.25, 0.3) is 0 Å². The van der Waals surface area contributed by atoms with Gasteiger partial charge in [0.15, 0.2) is 0 Å². The third-order valence-corrected chi connectivity index (χ3v) is 4.59. The topological polar surface area (TPSA) is 41.5 Å². The molecular weight excluding hydrogens is 354 g/mol. The maximum atomic E-state index is 10.1. The standard InChI is InChI=1S/C20H21NO2S.ClH/c22-20(17-5-2-1-3-6-17)14-21-13-16-8-10-18(11-9-16)23-15-19-7-4-12-24-19;/h1-12,20-22H,13-15H2;1H/p-1. The highest BCUT2D eigenvalue weighted by molar-refractivity contribution is 7.09. The fraction of sp³-hybridized carbons (Fsp3) is 0.200. The normalized spacial score (nSPS) is 11.6. The van der Waals surface area contributed by atoms with Gasteiger partial charge in [-0.25, -0.2) is 0 Å². The number of rotatable bonds is 8. The van der Waals surface area contributed by atoms with Gasteiger partial charge in [0.25, 0.3) is 0 Å². The van der Waals surface area contributed by atoms with Crippen LogP contribution in [0.1, 0.15) is 22.1 Å². The number of halogens is 1. The maximum Gasteiger partial charge on any atom is 0.122 e. The Labute approximate surface area is 158 Å². The van der Waals surface area contributed by atoms with Gasteiger partial charge < -0.3 is 27.6 Å². The zero-order valence-electron chi connectivity index (χ0n) is 13.8. The van der Waals surface area contributed by atoms with E-state index in [1.54, 1.807) is 11.3 Å². The lowest BCUT2D eigenvalue weighted by molar-refractivity contribution is -0.00000681. The van der Waals surface area contributed by atoms with Crippen LogP contribution < -0.4 is 22.5 Å². The molecule has 1 unspecified atom stereocenters. The summed E-state index contributed by atoms with van der Waals surface area (Å²) in [6.07, 6.45) is -0.486. The Hall–Kier alpha value is -1.85. The van der Waals surface area contributed by atoms with Crippen molar-refractivity contribution in [1.82, 2.24) is 5.32 Å². The Kier molecular flexibility index (Phi) is 7.95. The minimum atomic E-state index is -0.486. The van der Waals surface area contributed by atoms with Crippen molar-refractivity contribution in [3.8, 4) is 5.75 Å². The molecule has 2 N–H and O–H groups in total. The Morgan fingerprint density at radius 1 is 0.960 bits per heavy atom. The van der Waals surface area contributed by atoms with Gasteiger partial charge in [0.2, 0.25) is 0 Å². The van der Waals surface area contributed by atoms with Crippen LogP contribution in [0, 0.1) is 0 Å². The van der Waals surface area contributed by atoms with E-state index in [2.05, 4.69) is 16.8 Å². The van der Waals surface area contributed by atoms with Crippen LogP contribution in [0.3, 0.4) is 0 Å². The number of hydrogen-bond acceptors (Lipinski definition) is 4. The van der Waals surface area contributed by atoms with Gasteiger partial charge >= 0.3 is 0 Å². The summed E-state index contributed by atoms with van der Waals surface area (Å²) in [5.41, 5.74) is 2.10. The number of aliphatic hydroxyl groups excluding tert-OH is 1. The summed E-state index contributed by atoms with van der Waals surface area (Å²) in [5, 5.41) is 15.5. The summed E-state index contributed by atoms with van der Waals surface area (Å²) in [5.74, 6) is 0.872. The number of thiophene rings is 1. The van der Waals surface area contributed by atoms with E-state index in [0.29, 0.717) is 13.2 Å². The number of nitrogens with one attached hydrogen (secondary N) is 1. The summed E-state index contributed by atoms with van der Waals surface area (Å²) in [6, 6.07) is 21.9. The van der Waals surface area contributed by atoms with Crippen molar-refractivity contribution >= 4 is 11.3 Å². The van der Waals surface area contributed by atoms with Crippen LogP contribution in [0.5, 0.6) is 5.75 Å². The molecule has 0 bridgehead atoms. The monoisotopic (exact) mass is 374 g/mol. The molecule has 0 fully saturated rings. The molecule has 0 spiro atoms. The van der Waals surface area contributed by atoms with E-state index in [1.807, 2.05) is 60.7 Å². The molecule has 1 aromatic heterocycles. The number of benzene rings is 2. The largest absolute Gasteiger partial charge is 1.00 e. The van der Waals surface area contributed by atoms with Crippen LogP contribution in [-0.2, 0) is 13.2 Å². The van der Waals surface area contributed by atoms with E-state index >= 15 is 0 Å². The van der Waals surface area contributed by atoms with E-state index in [1.165, 1.54) is 10.4 Å². The molecule has 5 heteroatoms. The Morgan fingerprint density at radius 3 is 2.40 bits per heavy atom. The predicted molar refractivity (Wildman–Crippen MR) is 98.2 cm³/mol. The van der Waals surface area contributed by atoms with E-state index in [9.17, 15) is 5.11 Å². The van der Waals surface area contributed by atoms with Crippen LogP contribution >= 0.6 is 11.3 Å². The number of ether oxygens (including phenoxy) is 1. The van der Waals surface area contributed by atoms with Crippen molar-refractivity contribution in [2.75, 3.05) is 6.54 Å². The van der Waals surface area contributed by atoms with Gasteiger partial charge in [0.05, 0.1) is 6.10 Å². The van der Waals surface area contributed by atoms with Crippen LogP contribution in [0.15, 0.2) is 72.1 Å². The second kappa shape index (κ2) is 10.2. The third-order valence-electron chi connectivity index (χ3n) is 3.74. The molecule has 2 aromatic carbocycles. The Balaban J connectivity index is 0.00000225. The Morgan fingerprint density at radius 2 is 1.72 bits per heavy atom. The van der Waals surface area contributed by atoms with Crippen LogP contribution in [0.2, 0.25) is 0 Å². The second-order valence-electron chi connectivity index (χ2n) is 5.57. The fourth-order valence-electron chi connectivity index (χ4n) is 2.40. The van der Waals surface area contributed by atoms with Crippen molar-refractivity contribution in [3.05, 3.63) is 88.1 Å². The van der Waals surface area contributed by atoms with Crippen molar-refractivity contribution in [3.63, 3.8) is 0 Å². The van der Waals surface area contributed by atoms with Crippen molar-refractivity contribution in [2.45, 2.75) is 19.3 Å². The quantitative estimate of drug-likeness (QED) is 0.621. The van der Waals surface area contributed by atoms with Crippen molar-refractivity contribution in [1.29, 1.82) is 0 Å². The molecular formula is C20H21ClNO2S-. The average molecular weight is 375 g/mol. The lowest BCUT2D eigenvalue weighted by Gasteiger charge is -2.12. The van der Waals surface area contributed by atoms with Crippen molar-refractivity contribution < 1.29 is 22.3 Å². The molecule has 0 aliphatic rings. The molecule has 1 atom stereocenters. The predicted octanol–water partition coefficient (Wildman–Crippen LogP) is 1.15. The average Bonchev–Trinajstić information content (AvgIpc) is 3.15. The smallest absolute Gasteiger partial charge is 0.122 e.